The Morgan fingerprint density at radius 1 is 1.50 bits per heavy atom. The van der Waals surface area contributed by atoms with Gasteiger partial charge >= 0.3 is 0 Å². The normalized spacial score (nSPS) is 10.6. The number of rotatable bonds is 6. The summed E-state index contributed by atoms with van der Waals surface area (Å²) in [6.07, 6.45) is 0.465. The summed E-state index contributed by atoms with van der Waals surface area (Å²) in [7, 11) is 0. The van der Waals surface area contributed by atoms with Crippen molar-refractivity contribution >= 4 is 5.69 Å². The fourth-order valence-electron chi connectivity index (χ4n) is 1.72. The Hall–Kier alpha value is -1.93. The maximum Gasteiger partial charge on any atom is 0.269 e. The number of nitro groups is 1. The Labute approximate surface area is 107 Å². The first-order chi connectivity index (χ1) is 8.54. The van der Waals surface area contributed by atoms with Crippen LogP contribution in [0.25, 0.3) is 0 Å². The van der Waals surface area contributed by atoms with Gasteiger partial charge in [-0.05, 0) is 19.4 Å². The number of nitrogens with zero attached hydrogens (tertiary/aromatic N) is 3. The Morgan fingerprint density at radius 3 is 2.78 bits per heavy atom. The van der Waals surface area contributed by atoms with E-state index >= 15 is 0 Å². The van der Waals surface area contributed by atoms with E-state index in [1.54, 1.807) is 12.1 Å². The minimum absolute atomic E-state index is 0.108. The van der Waals surface area contributed by atoms with Gasteiger partial charge in [-0.1, -0.05) is 12.1 Å². The van der Waals surface area contributed by atoms with E-state index in [9.17, 15) is 10.1 Å². The van der Waals surface area contributed by atoms with E-state index in [1.807, 2.05) is 6.07 Å². The lowest BCUT2D eigenvalue weighted by Gasteiger charge is -2.25. The average molecular weight is 247 g/mol. The van der Waals surface area contributed by atoms with Crippen LogP contribution in [0, 0.1) is 21.4 Å². The third kappa shape index (κ3) is 4.15. The molecule has 1 rings (SSSR count). The second-order valence-corrected chi connectivity index (χ2v) is 4.40. The first-order valence-corrected chi connectivity index (χ1v) is 5.89. The monoisotopic (exact) mass is 247 g/mol. The van der Waals surface area contributed by atoms with E-state index in [4.69, 9.17) is 5.26 Å². The van der Waals surface area contributed by atoms with Crippen LogP contribution in [0.4, 0.5) is 5.69 Å². The van der Waals surface area contributed by atoms with Gasteiger partial charge in [0.25, 0.3) is 5.69 Å². The largest absolute Gasteiger partial charge is 0.296 e. The summed E-state index contributed by atoms with van der Waals surface area (Å²) in [5, 5.41) is 19.3. The lowest BCUT2D eigenvalue weighted by Crippen LogP contribution is -2.31. The molecule has 18 heavy (non-hydrogen) atoms. The molecule has 0 spiro atoms. The first-order valence-electron chi connectivity index (χ1n) is 5.89. The van der Waals surface area contributed by atoms with Crippen molar-refractivity contribution in [2.45, 2.75) is 32.9 Å². The zero-order valence-corrected chi connectivity index (χ0v) is 10.7. The smallest absolute Gasteiger partial charge is 0.269 e. The highest BCUT2D eigenvalue weighted by Crippen LogP contribution is 2.16. The Kier molecular flexibility index (Phi) is 5.28. The lowest BCUT2D eigenvalue weighted by molar-refractivity contribution is -0.384. The second kappa shape index (κ2) is 6.72. The fourth-order valence-corrected chi connectivity index (χ4v) is 1.72. The molecule has 0 amide bonds. The second-order valence-electron chi connectivity index (χ2n) is 4.40. The molecule has 0 N–H and O–H groups in total. The summed E-state index contributed by atoms with van der Waals surface area (Å²) in [5.41, 5.74) is 1.01. The van der Waals surface area contributed by atoms with Crippen LogP contribution in [-0.2, 0) is 6.54 Å². The minimum Gasteiger partial charge on any atom is -0.296 e. The molecule has 0 aliphatic rings. The van der Waals surface area contributed by atoms with E-state index in [-0.39, 0.29) is 5.69 Å². The number of benzene rings is 1. The van der Waals surface area contributed by atoms with Gasteiger partial charge < -0.3 is 0 Å². The quantitative estimate of drug-likeness (QED) is 0.572. The van der Waals surface area contributed by atoms with Crippen molar-refractivity contribution in [3.63, 3.8) is 0 Å². The molecule has 0 heterocycles. The predicted octanol–water partition coefficient (Wildman–Crippen LogP) is 2.72. The summed E-state index contributed by atoms with van der Waals surface area (Å²) in [6.45, 7) is 5.40. The highest BCUT2D eigenvalue weighted by atomic mass is 16.6. The number of nitro benzene ring substituents is 1. The number of nitriles is 1. The molecule has 0 radical (unpaired) electrons. The van der Waals surface area contributed by atoms with Crippen molar-refractivity contribution in [1.29, 1.82) is 5.26 Å². The van der Waals surface area contributed by atoms with Crippen LogP contribution in [0.5, 0.6) is 0 Å². The van der Waals surface area contributed by atoms with E-state index in [0.29, 0.717) is 25.6 Å². The molecule has 5 nitrogen and oxygen atoms in total. The highest BCUT2D eigenvalue weighted by Gasteiger charge is 2.12. The van der Waals surface area contributed by atoms with E-state index in [0.717, 1.165) is 5.56 Å². The van der Waals surface area contributed by atoms with Gasteiger partial charge in [0.05, 0.1) is 11.0 Å². The molecule has 0 saturated carbocycles. The van der Waals surface area contributed by atoms with Crippen molar-refractivity contribution in [3.05, 3.63) is 39.9 Å². The number of non-ortho nitro benzene ring substituents is 1. The van der Waals surface area contributed by atoms with Gasteiger partial charge in [0.2, 0.25) is 0 Å². The van der Waals surface area contributed by atoms with Gasteiger partial charge in [-0.2, -0.15) is 5.26 Å². The third-order valence-electron chi connectivity index (χ3n) is 2.75. The Morgan fingerprint density at radius 2 is 2.22 bits per heavy atom. The van der Waals surface area contributed by atoms with Crippen LogP contribution in [-0.4, -0.2) is 22.4 Å². The zero-order valence-electron chi connectivity index (χ0n) is 10.7. The Bertz CT molecular complexity index is 452. The van der Waals surface area contributed by atoms with Gasteiger partial charge in [0.1, 0.15) is 0 Å². The van der Waals surface area contributed by atoms with Crippen molar-refractivity contribution in [2.24, 2.45) is 0 Å². The molecule has 0 unspecified atom stereocenters. The molecule has 5 heteroatoms. The van der Waals surface area contributed by atoms with E-state index in [2.05, 4.69) is 24.8 Å². The van der Waals surface area contributed by atoms with E-state index < -0.39 is 4.92 Å². The van der Waals surface area contributed by atoms with Crippen LogP contribution in [0.1, 0.15) is 25.8 Å². The maximum absolute atomic E-state index is 10.7. The molecule has 0 fully saturated rings. The third-order valence-corrected chi connectivity index (χ3v) is 2.75. The van der Waals surface area contributed by atoms with Crippen molar-refractivity contribution < 1.29 is 4.92 Å². The zero-order chi connectivity index (χ0) is 13.5. The maximum atomic E-state index is 10.7. The van der Waals surface area contributed by atoms with Crippen LogP contribution < -0.4 is 0 Å². The van der Waals surface area contributed by atoms with Gasteiger partial charge in [0, 0.05) is 37.7 Å². The van der Waals surface area contributed by atoms with Crippen LogP contribution in [0.15, 0.2) is 24.3 Å². The average Bonchev–Trinajstić information content (AvgIpc) is 2.34. The topological polar surface area (TPSA) is 70.2 Å². The predicted molar refractivity (Wildman–Crippen MR) is 68.9 cm³/mol. The molecule has 0 saturated heterocycles. The molecule has 0 atom stereocenters. The van der Waals surface area contributed by atoms with E-state index in [1.165, 1.54) is 6.07 Å². The summed E-state index contributed by atoms with van der Waals surface area (Å²) in [5.74, 6) is 0. The number of hydrogen-bond donors (Lipinski definition) is 0. The summed E-state index contributed by atoms with van der Waals surface area (Å²) in [6, 6.07) is 9.05. The first kappa shape index (κ1) is 14.1. The van der Waals surface area contributed by atoms with Crippen LogP contribution >= 0.6 is 0 Å². The molecule has 0 aliphatic carbocycles. The minimum atomic E-state index is -0.390. The molecule has 96 valence electrons. The van der Waals surface area contributed by atoms with Crippen LogP contribution in [0.3, 0.4) is 0 Å². The van der Waals surface area contributed by atoms with Gasteiger partial charge in [-0.25, -0.2) is 0 Å². The Balaban J connectivity index is 2.77. The van der Waals surface area contributed by atoms with Crippen molar-refractivity contribution in [1.82, 2.24) is 4.90 Å². The molecule has 0 bridgehead atoms. The van der Waals surface area contributed by atoms with Crippen LogP contribution in [0.2, 0.25) is 0 Å². The van der Waals surface area contributed by atoms with Crippen molar-refractivity contribution in [2.75, 3.05) is 6.54 Å². The molecule has 0 aliphatic heterocycles. The number of hydrogen-bond acceptors (Lipinski definition) is 4. The van der Waals surface area contributed by atoms with Gasteiger partial charge in [-0.3, -0.25) is 15.0 Å². The molecule has 0 aromatic heterocycles. The summed E-state index contributed by atoms with van der Waals surface area (Å²) >= 11 is 0. The SMILES string of the molecule is CC(C)N(CCC#N)Cc1cccc([N+](=O)[O-])c1. The molecular formula is C13H17N3O2. The van der Waals surface area contributed by atoms with Crippen molar-refractivity contribution in [3.8, 4) is 6.07 Å². The molecule has 1 aromatic carbocycles. The van der Waals surface area contributed by atoms with Gasteiger partial charge in [-0.15, -0.1) is 0 Å². The standard InChI is InChI=1S/C13H17N3O2/c1-11(2)15(8-4-7-14)10-12-5-3-6-13(9-12)16(17)18/h3,5-6,9,11H,4,8,10H2,1-2H3. The lowest BCUT2D eigenvalue weighted by atomic mass is 10.1. The fraction of sp³-hybridized carbons (Fsp3) is 0.462. The van der Waals surface area contributed by atoms with Gasteiger partial charge in [0.15, 0.2) is 0 Å². The summed E-state index contributed by atoms with van der Waals surface area (Å²) < 4.78 is 0. The summed E-state index contributed by atoms with van der Waals surface area (Å²) in [4.78, 5) is 12.4. The highest BCUT2D eigenvalue weighted by molar-refractivity contribution is 5.34. The molecule has 1 aromatic rings. The molecular weight excluding hydrogens is 230 g/mol.